The van der Waals surface area contributed by atoms with E-state index in [1.165, 1.54) is 4.68 Å². The molecule has 1 aliphatic heterocycles. The Balaban J connectivity index is 1.59. The predicted molar refractivity (Wildman–Crippen MR) is 119 cm³/mol. The highest BCUT2D eigenvalue weighted by Crippen LogP contribution is 2.22. The zero-order valence-corrected chi connectivity index (χ0v) is 19.0. The van der Waals surface area contributed by atoms with Crippen LogP contribution >= 0.6 is 0 Å². The van der Waals surface area contributed by atoms with Crippen molar-refractivity contribution in [2.45, 2.75) is 58.3 Å². The van der Waals surface area contributed by atoms with E-state index in [0.717, 1.165) is 31.0 Å². The van der Waals surface area contributed by atoms with Gasteiger partial charge < -0.3 is 20.1 Å². The van der Waals surface area contributed by atoms with Gasteiger partial charge in [-0.25, -0.2) is 9.48 Å². The van der Waals surface area contributed by atoms with Crippen molar-refractivity contribution >= 4 is 17.7 Å². The minimum Gasteiger partial charge on any atom is -0.444 e. The molecule has 1 aliphatic rings. The van der Waals surface area contributed by atoms with Crippen LogP contribution in [0.1, 0.15) is 56.1 Å². The number of aromatic nitrogens is 2. The zero-order chi connectivity index (χ0) is 24.2. The number of hydrogen-bond donors (Lipinski definition) is 1. The Hall–Kier alpha value is -3.47. The summed E-state index contributed by atoms with van der Waals surface area (Å²) in [5.74, 6) is -0.964. The molecule has 11 nitrogen and oxygen atoms in total. The second kappa shape index (κ2) is 9.99. The molecule has 33 heavy (non-hydrogen) atoms. The molecule has 0 aliphatic carbocycles. The van der Waals surface area contributed by atoms with Gasteiger partial charge in [0.1, 0.15) is 11.8 Å². The molecule has 1 fully saturated rings. The van der Waals surface area contributed by atoms with Crippen LogP contribution < -0.4 is 5.73 Å². The number of benzene rings is 1. The van der Waals surface area contributed by atoms with E-state index in [0.29, 0.717) is 25.4 Å². The fraction of sp³-hybridized carbons (Fsp3) is 0.500. The number of hydrogen-bond acceptors (Lipinski definition) is 7. The molecule has 1 aromatic heterocycles. The van der Waals surface area contributed by atoms with Crippen LogP contribution in [0.2, 0.25) is 0 Å². The lowest BCUT2D eigenvalue weighted by Crippen LogP contribution is -2.48. The second-order valence-corrected chi connectivity index (χ2v) is 8.93. The lowest BCUT2D eigenvalue weighted by atomic mass is 10.0. The van der Waals surface area contributed by atoms with Crippen molar-refractivity contribution in [3.8, 4) is 5.69 Å². The quantitative estimate of drug-likeness (QED) is 0.495. The number of likely N-dealkylation sites (tertiary alicyclic amines) is 1. The molecule has 2 heterocycles. The van der Waals surface area contributed by atoms with Crippen LogP contribution in [0, 0.1) is 10.1 Å². The molecule has 2 N–H and O–H groups in total. The lowest BCUT2D eigenvalue weighted by molar-refractivity contribution is -0.385. The number of carbonyl (C=O) groups excluding carboxylic acids is 2. The van der Waals surface area contributed by atoms with Crippen molar-refractivity contribution in [3.05, 3.63) is 51.8 Å². The number of nitrogens with zero attached hydrogens (tertiary/aromatic N) is 4. The van der Waals surface area contributed by atoms with Crippen LogP contribution in [0.4, 0.5) is 10.5 Å². The highest BCUT2D eigenvalue weighted by Gasteiger charge is 2.30. The maximum Gasteiger partial charge on any atom is 0.410 e. The standard InChI is InChI=1S/C22H29N5O6/c1-22(2,3)33-21(29)25-11-5-4-6-17(25)14-32-13-15-7-9-16(10-8-15)26-12-18(27(30)31)19(24-26)20(23)28/h7-10,12,17H,4-6,11,13-14H2,1-3H3,(H2,23,28). The highest BCUT2D eigenvalue weighted by molar-refractivity contribution is 5.94. The van der Waals surface area contributed by atoms with E-state index in [1.54, 1.807) is 29.2 Å². The summed E-state index contributed by atoms with van der Waals surface area (Å²) in [7, 11) is 0. The molecule has 178 valence electrons. The van der Waals surface area contributed by atoms with Crippen LogP contribution in [-0.4, -0.2) is 56.4 Å². The Kier molecular flexibility index (Phi) is 7.32. The van der Waals surface area contributed by atoms with Crippen LogP contribution in [0.25, 0.3) is 5.69 Å². The van der Waals surface area contributed by atoms with E-state index in [1.807, 2.05) is 20.8 Å². The van der Waals surface area contributed by atoms with Crippen molar-refractivity contribution in [3.63, 3.8) is 0 Å². The number of carbonyl (C=O) groups is 2. The van der Waals surface area contributed by atoms with E-state index >= 15 is 0 Å². The number of ether oxygens (including phenoxy) is 2. The molecule has 0 radical (unpaired) electrons. The molecular formula is C22H29N5O6. The van der Waals surface area contributed by atoms with E-state index in [9.17, 15) is 19.7 Å². The Bertz CT molecular complexity index is 980. The fourth-order valence-electron chi connectivity index (χ4n) is 3.60. The predicted octanol–water partition coefficient (Wildman–Crippen LogP) is 3.19. The first-order chi connectivity index (χ1) is 15.5. The normalized spacial score (nSPS) is 16.5. The Morgan fingerprint density at radius 2 is 1.94 bits per heavy atom. The average molecular weight is 460 g/mol. The first-order valence-electron chi connectivity index (χ1n) is 10.8. The monoisotopic (exact) mass is 459 g/mol. The number of primary amides is 1. The molecular weight excluding hydrogens is 430 g/mol. The first-order valence-corrected chi connectivity index (χ1v) is 10.8. The van der Waals surface area contributed by atoms with Crippen molar-refractivity contribution in [2.24, 2.45) is 5.73 Å². The molecule has 0 spiro atoms. The molecule has 11 heteroatoms. The second-order valence-electron chi connectivity index (χ2n) is 8.93. The molecule has 1 unspecified atom stereocenters. The van der Waals surface area contributed by atoms with Gasteiger partial charge in [0.25, 0.3) is 5.91 Å². The first kappa shape index (κ1) is 24.2. The number of amides is 2. The summed E-state index contributed by atoms with van der Waals surface area (Å²) in [6.07, 6.45) is 3.67. The molecule has 1 saturated heterocycles. The number of nitrogens with two attached hydrogens (primary N) is 1. The smallest absolute Gasteiger partial charge is 0.410 e. The van der Waals surface area contributed by atoms with Crippen molar-refractivity contribution in [1.29, 1.82) is 0 Å². The van der Waals surface area contributed by atoms with Crippen molar-refractivity contribution in [1.82, 2.24) is 14.7 Å². The third-order valence-corrected chi connectivity index (χ3v) is 5.16. The van der Waals surface area contributed by atoms with E-state index in [4.69, 9.17) is 15.2 Å². The van der Waals surface area contributed by atoms with Gasteiger partial charge >= 0.3 is 11.8 Å². The maximum atomic E-state index is 12.5. The minimum absolute atomic E-state index is 0.0373. The van der Waals surface area contributed by atoms with Gasteiger partial charge in [-0.15, -0.1) is 0 Å². The third-order valence-electron chi connectivity index (χ3n) is 5.16. The Morgan fingerprint density at radius 1 is 1.24 bits per heavy atom. The summed E-state index contributed by atoms with van der Waals surface area (Å²) in [5, 5.41) is 15.0. The number of piperidine rings is 1. The molecule has 3 rings (SSSR count). The summed E-state index contributed by atoms with van der Waals surface area (Å²) in [6, 6.07) is 7.00. The highest BCUT2D eigenvalue weighted by atomic mass is 16.6. The summed E-state index contributed by atoms with van der Waals surface area (Å²) in [5.41, 5.74) is 5.21. The van der Waals surface area contributed by atoms with Gasteiger partial charge in [-0.3, -0.25) is 14.9 Å². The zero-order valence-electron chi connectivity index (χ0n) is 19.0. The van der Waals surface area contributed by atoms with Gasteiger partial charge in [-0.1, -0.05) is 12.1 Å². The van der Waals surface area contributed by atoms with Crippen molar-refractivity contribution < 1.29 is 24.0 Å². The SMILES string of the molecule is CC(C)(C)OC(=O)N1CCCCC1COCc1ccc(-n2cc([N+](=O)[O-])c(C(N)=O)n2)cc1. The largest absolute Gasteiger partial charge is 0.444 e. The van der Waals surface area contributed by atoms with Crippen LogP contribution in [-0.2, 0) is 16.1 Å². The minimum atomic E-state index is -0.964. The Labute approximate surface area is 191 Å². The number of nitro groups is 1. The van der Waals surface area contributed by atoms with E-state index in [-0.39, 0.29) is 12.1 Å². The molecule has 1 atom stereocenters. The average Bonchev–Trinajstić information content (AvgIpc) is 3.20. The summed E-state index contributed by atoms with van der Waals surface area (Å²) in [4.78, 5) is 36.1. The van der Waals surface area contributed by atoms with Crippen molar-refractivity contribution in [2.75, 3.05) is 13.2 Å². The summed E-state index contributed by atoms with van der Waals surface area (Å²) >= 11 is 0. The topological polar surface area (TPSA) is 143 Å². The molecule has 0 saturated carbocycles. The van der Waals surface area contributed by atoms with Gasteiger partial charge in [-0.05, 0) is 57.7 Å². The van der Waals surface area contributed by atoms with Crippen LogP contribution in [0.5, 0.6) is 0 Å². The molecule has 1 aromatic carbocycles. The van der Waals surface area contributed by atoms with E-state index < -0.39 is 27.8 Å². The van der Waals surface area contributed by atoms with Gasteiger partial charge in [0.15, 0.2) is 0 Å². The van der Waals surface area contributed by atoms with Gasteiger partial charge in [-0.2, -0.15) is 5.10 Å². The lowest BCUT2D eigenvalue weighted by Gasteiger charge is -2.36. The third kappa shape index (κ3) is 6.28. The molecule has 2 aromatic rings. The fourth-order valence-corrected chi connectivity index (χ4v) is 3.60. The molecule has 0 bridgehead atoms. The summed E-state index contributed by atoms with van der Waals surface area (Å²) in [6.45, 7) is 6.93. The Morgan fingerprint density at radius 3 is 2.52 bits per heavy atom. The van der Waals surface area contributed by atoms with Gasteiger partial charge in [0.2, 0.25) is 5.69 Å². The van der Waals surface area contributed by atoms with Crippen LogP contribution in [0.15, 0.2) is 30.5 Å². The molecule has 2 amide bonds. The van der Waals surface area contributed by atoms with Crippen LogP contribution in [0.3, 0.4) is 0 Å². The van der Waals surface area contributed by atoms with Gasteiger partial charge in [0.05, 0.1) is 29.9 Å². The van der Waals surface area contributed by atoms with Gasteiger partial charge in [0, 0.05) is 6.54 Å². The number of rotatable bonds is 7. The van der Waals surface area contributed by atoms with E-state index in [2.05, 4.69) is 5.10 Å². The maximum absolute atomic E-state index is 12.5. The summed E-state index contributed by atoms with van der Waals surface area (Å²) < 4.78 is 12.6.